The van der Waals surface area contributed by atoms with E-state index in [1.54, 1.807) is 17.7 Å². The minimum atomic E-state index is 0.614. The standard InChI is InChI=1S/C12H11BrN4S/c13-8-1-2-11-9(5-8)16-12(18-11)10-6-17(4-3-14)7-15-10/h1-2,5-7H,3-4,14H2. The van der Waals surface area contributed by atoms with E-state index >= 15 is 0 Å². The van der Waals surface area contributed by atoms with E-state index in [1.807, 2.05) is 22.9 Å². The van der Waals surface area contributed by atoms with Gasteiger partial charge in [0.05, 0.1) is 16.5 Å². The number of imidazole rings is 1. The third-order valence-electron chi connectivity index (χ3n) is 2.59. The first-order chi connectivity index (χ1) is 8.76. The van der Waals surface area contributed by atoms with Gasteiger partial charge >= 0.3 is 0 Å². The van der Waals surface area contributed by atoms with Crippen LogP contribution in [0.25, 0.3) is 20.9 Å². The minimum Gasteiger partial charge on any atom is -0.335 e. The van der Waals surface area contributed by atoms with E-state index in [-0.39, 0.29) is 0 Å². The Morgan fingerprint density at radius 1 is 1.39 bits per heavy atom. The number of thiazole rings is 1. The molecule has 0 aliphatic heterocycles. The summed E-state index contributed by atoms with van der Waals surface area (Å²) in [6.07, 6.45) is 3.78. The van der Waals surface area contributed by atoms with Crippen molar-refractivity contribution in [1.82, 2.24) is 14.5 Å². The summed E-state index contributed by atoms with van der Waals surface area (Å²) in [4.78, 5) is 8.97. The molecule has 18 heavy (non-hydrogen) atoms. The fourth-order valence-corrected chi connectivity index (χ4v) is 3.01. The summed E-state index contributed by atoms with van der Waals surface area (Å²) < 4.78 is 4.19. The third kappa shape index (κ3) is 2.19. The molecule has 0 radical (unpaired) electrons. The van der Waals surface area contributed by atoms with E-state index < -0.39 is 0 Å². The molecule has 2 aromatic heterocycles. The second-order valence-corrected chi connectivity index (χ2v) is 5.86. The molecule has 3 aromatic rings. The topological polar surface area (TPSA) is 56.7 Å². The van der Waals surface area contributed by atoms with Crippen molar-refractivity contribution in [2.75, 3.05) is 6.54 Å². The number of fused-ring (bicyclic) bond motifs is 1. The van der Waals surface area contributed by atoms with Gasteiger partial charge in [-0.1, -0.05) is 15.9 Å². The number of benzene rings is 1. The maximum absolute atomic E-state index is 5.52. The molecule has 2 heterocycles. The number of hydrogen-bond acceptors (Lipinski definition) is 4. The number of hydrogen-bond donors (Lipinski definition) is 1. The molecule has 2 N–H and O–H groups in total. The predicted molar refractivity (Wildman–Crippen MR) is 77.6 cm³/mol. The van der Waals surface area contributed by atoms with Crippen LogP contribution in [0.1, 0.15) is 0 Å². The van der Waals surface area contributed by atoms with Crippen molar-refractivity contribution in [2.45, 2.75) is 6.54 Å². The van der Waals surface area contributed by atoms with Crippen LogP contribution in [0.2, 0.25) is 0 Å². The summed E-state index contributed by atoms with van der Waals surface area (Å²) in [6.45, 7) is 1.39. The van der Waals surface area contributed by atoms with Crippen LogP contribution < -0.4 is 5.73 Å². The van der Waals surface area contributed by atoms with Crippen molar-refractivity contribution in [2.24, 2.45) is 5.73 Å². The summed E-state index contributed by atoms with van der Waals surface area (Å²) in [5.41, 5.74) is 7.42. The van der Waals surface area contributed by atoms with E-state index in [0.717, 1.165) is 27.2 Å². The van der Waals surface area contributed by atoms with Gasteiger partial charge in [-0.15, -0.1) is 11.3 Å². The first-order valence-electron chi connectivity index (χ1n) is 5.54. The number of nitrogens with zero attached hydrogens (tertiary/aromatic N) is 3. The Bertz CT molecular complexity index is 688. The van der Waals surface area contributed by atoms with Gasteiger partial charge in [0, 0.05) is 23.8 Å². The highest BCUT2D eigenvalue weighted by atomic mass is 79.9. The SMILES string of the molecule is NCCn1cnc(-c2nc3cc(Br)ccc3s2)c1. The first kappa shape index (κ1) is 11.8. The van der Waals surface area contributed by atoms with Gasteiger partial charge in [-0.2, -0.15) is 0 Å². The minimum absolute atomic E-state index is 0.614. The van der Waals surface area contributed by atoms with Crippen molar-refractivity contribution < 1.29 is 0 Å². The molecule has 0 bridgehead atoms. The quantitative estimate of drug-likeness (QED) is 0.806. The van der Waals surface area contributed by atoms with Gasteiger partial charge < -0.3 is 10.3 Å². The molecule has 6 heteroatoms. The van der Waals surface area contributed by atoms with E-state index in [1.165, 1.54) is 4.70 Å². The van der Waals surface area contributed by atoms with Crippen LogP contribution >= 0.6 is 27.3 Å². The largest absolute Gasteiger partial charge is 0.335 e. The van der Waals surface area contributed by atoms with Crippen molar-refractivity contribution in [3.05, 3.63) is 35.2 Å². The van der Waals surface area contributed by atoms with Crippen LogP contribution in [0, 0.1) is 0 Å². The van der Waals surface area contributed by atoms with Gasteiger partial charge in [-0.05, 0) is 18.2 Å². The fraction of sp³-hybridized carbons (Fsp3) is 0.167. The lowest BCUT2D eigenvalue weighted by Crippen LogP contribution is -2.07. The zero-order valence-corrected chi connectivity index (χ0v) is 11.9. The second kappa shape index (κ2) is 4.79. The summed E-state index contributed by atoms with van der Waals surface area (Å²) in [7, 11) is 0. The number of aromatic nitrogens is 3. The highest BCUT2D eigenvalue weighted by Crippen LogP contribution is 2.30. The average molecular weight is 323 g/mol. The van der Waals surface area contributed by atoms with Gasteiger partial charge in [-0.3, -0.25) is 0 Å². The van der Waals surface area contributed by atoms with Crippen molar-refractivity contribution >= 4 is 37.5 Å². The third-order valence-corrected chi connectivity index (χ3v) is 4.14. The van der Waals surface area contributed by atoms with E-state index in [2.05, 4.69) is 32.0 Å². The molecule has 0 aliphatic rings. The van der Waals surface area contributed by atoms with Crippen molar-refractivity contribution in [3.8, 4) is 10.7 Å². The van der Waals surface area contributed by atoms with E-state index in [9.17, 15) is 0 Å². The molecule has 0 spiro atoms. The van der Waals surface area contributed by atoms with Crippen LogP contribution in [-0.2, 0) is 6.54 Å². The summed E-state index contributed by atoms with van der Waals surface area (Å²) in [5.74, 6) is 0. The Balaban J connectivity index is 2.02. The molecule has 0 fully saturated rings. The second-order valence-electron chi connectivity index (χ2n) is 3.92. The van der Waals surface area contributed by atoms with Gasteiger partial charge in [0.25, 0.3) is 0 Å². The highest BCUT2D eigenvalue weighted by molar-refractivity contribution is 9.10. The lowest BCUT2D eigenvalue weighted by molar-refractivity contribution is 0.708. The lowest BCUT2D eigenvalue weighted by Gasteiger charge is -1.94. The van der Waals surface area contributed by atoms with Gasteiger partial charge in [0.15, 0.2) is 0 Å². The Morgan fingerprint density at radius 3 is 3.11 bits per heavy atom. The van der Waals surface area contributed by atoms with Gasteiger partial charge in [0.1, 0.15) is 10.7 Å². The molecule has 0 saturated heterocycles. The molecule has 0 amide bonds. The van der Waals surface area contributed by atoms with Crippen LogP contribution in [0.3, 0.4) is 0 Å². The maximum atomic E-state index is 5.52. The van der Waals surface area contributed by atoms with Crippen molar-refractivity contribution in [3.63, 3.8) is 0 Å². The summed E-state index contributed by atoms with van der Waals surface area (Å²) in [6, 6.07) is 6.11. The Kier molecular flexibility index (Phi) is 3.15. The number of rotatable bonds is 3. The number of nitrogens with two attached hydrogens (primary N) is 1. The molecule has 3 rings (SSSR count). The maximum Gasteiger partial charge on any atom is 0.144 e. The zero-order valence-electron chi connectivity index (χ0n) is 9.51. The molecule has 0 atom stereocenters. The smallest absolute Gasteiger partial charge is 0.144 e. The van der Waals surface area contributed by atoms with E-state index in [4.69, 9.17) is 5.73 Å². The number of halogens is 1. The molecule has 0 aliphatic carbocycles. The molecule has 92 valence electrons. The van der Waals surface area contributed by atoms with Crippen molar-refractivity contribution in [1.29, 1.82) is 0 Å². The van der Waals surface area contributed by atoms with Gasteiger partial charge in [-0.25, -0.2) is 9.97 Å². The Hall–Kier alpha value is -1.24. The molecule has 0 saturated carbocycles. The Labute approximate surface area is 117 Å². The lowest BCUT2D eigenvalue weighted by atomic mass is 10.3. The summed E-state index contributed by atoms with van der Waals surface area (Å²) in [5, 5.41) is 0.943. The fourth-order valence-electron chi connectivity index (χ4n) is 1.75. The predicted octanol–water partition coefficient (Wildman–Crippen LogP) is 2.88. The molecular weight excluding hydrogens is 312 g/mol. The molecular formula is C12H11BrN4S. The summed E-state index contributed by atoms with van der Waals surface area (Å²) >= 11 is 5.11. The molecule has 0 unspecified atom stereocenters. The Morgan fingerprint density at radius 2 is 2.28 bits per heavy atom. The van der Waals surface area contributed by atoms with Gasteiger partial charge in [0.2, 0.25) is 0 Å². The van der Waals surface area contributed by atoms with Crippen LogP contribution in [0.4, 0.5) is 0 Å². The first-order valence-corrected chi connectivity index (χ1v) is 7.15. The normalized spacial score (nSPS) is 11.2. The van der Waals surface area contributed by atoms with Crippen LogP contribution in [0.15, 0.2) is 35.2 Å². The average Bonchev–Trinajstić information content (AvgIpc) is 2.94. The molecule has 4 nitrogen and oxygen atoms in total. The zero-order chi connectivity index (χ0) is 12.5. The van der Waals surface area contributed by atoms with Crippen LogP contribution in [-0.4, -0.2) is 21.1 Å². The van der Waals surface area contributed by atoms with Crippen LogP contribution in [0.5, 0.6) is 0 Å². The monoisotopic (exact) mass is 322 g/mol. The van der Waals surface area contributed by atoms with E-state index in [0.29, 0.717) is 6.54 Å². The molecule has 1 aromatic carbocycles. The highest BCUT2D eigenvalue weighted by Gasteiger charge is 2.09.